The monoisotopic (exact) mass is 187 g/mol. The van der Waals surface area contributed by atoms with Crippen molar-refractivity contribution in [1.29, 1.82) is 0 Å². The number of halogens is 2. The second-order valence-electron chi connectivity index (χ2n) is 2.97. The average molecular weight is 187 g/mol. The minimum atomic E-state index is -0.832. The van der Waals surface area contributed by atoms with E-state index in [2.05, 4.69) is 0 Å². The van der Waals surface area contributed by atoms with Gasteiger partial charge in [0.1, 0.15) is 11.6 Å². The smallest absolute Gasteiger partial charge is 0.126 e. The summed E-state index contributed by atoms with van der Waals surface area (Å²) < 4.78 is 25.3. The van der Waals surface area contributed by atoms with Crippen LogP contribution in [-0.4, -0.2) is 11.2 Å². The van der Waals surface area contributed by atoms with Gasteiger partial charge in [0.15, 0.2) is 0 Å². The minimum Gasteiger partial charge on any atom is -0.391 e. The quantitative estimate of drug-likeness (QED) is 0.734. The molecule has 2 nitrogen and oxygen atoms in total. The van der Waals surface area contributed by atoms with Crippen LogP contribution in [0.2, 0.25) is 0 Å². The van der Waals surface area contributed by atoms with E-state index < -0.39 is 23.8 Å². The van der Waals surface area contributed by atoms with Gasteiger partial charge in [-0.2, -0.15) is 0 Å². The molecule has 2 atom stereocenters. The highest BCUT2D eigenvalue weighted by Crippen LogP contribution is 2.16. The molecule has 0 saturated carbocycles. The third-order valence-electron chi connectivity index (χ3n) is 1.79. The van der Waals surface area contributed by atoms with Gasteiger partial charge in [-0.15, -0.1) is 0 Å². The maximum Gasteiger partial charge on any atom is 0.126 e. The summed E-state index contributed by atoms with van der Waals surface area (Å²) in [6.45, 7) is 1.47. The van der Waals surface area contributed by atoms with Crippen molar-refractivity contribution in [2.75, 3.05) is 0 Å². The van der Waals surface area contributed by atoms with Gasteiger partial charge in [0.25, 0.3) is 0 Å². The lowest BCUT2D eigenvalue weighted by Crippen LogP contribution is -2.23. The van der Waals surface area contributed by atoms with Crippen LogP contribution in [0.1, 0.15) is 18.5 Å². The van der Waals surface area contributed by atoms with Crippen LogP contribution in [0.25, 0.3) is 0 Å². The zero-order valence-electron chi connectivity index (χ0n) is 7.17. The fraction of sp³-hybridized carbons (Fsp3) is 0.333. The zero-order chi connectivity index (χ0) is 10.0. The molecular formula is C9H11F2NO. The first-order valence-corrected chi connectivity index (χ1v) is 3.90. The van der Waals surface area contributed by atoms with E-state index in [-0.39, 0.29) is 5.56 Å². The predicted molar refractivity (Wildman–Crippen MR) is 45.0 cm³/mol. The van der Waals surface area contributed by atoms with Crippen molar-refractivity contribution >= 4 is 0 Å². The van der Waals surface area contributed by atoms with Gasteiger partial charge < -0.3 is 10.8 Å². The van der Waals surface area contributed by atoms with Gasteiger partial charge >= 0.3 is 0 Å². The summed E-state index contributed by atoms with van der Waals surface area (Å²) >= 11 is 0. The first-order chi connectivity index (χ1) is 6.00. The van der Waals surface area contributed by atoms with Gasteiger partial charge in [0, 0.05) is 6.07 Å². The van der Waals surface area contributed by atoms with Crippen LogP contribution in [0.3, 0.4) is 0 Å². The third kappa shape index (κ3) is 2.47. The van der Waals surface area contributed by atoms with Crippen molar-refractivity contribution in [1.82, 2.24) is 0 Å². The Morgan fingerprint density at radius 3 is 2.08 bits per heavy atom. The fourth-order valence-electron chi connectivity index (χ4n) is 1.05. The molecule has 0 aliphatic rings. The van der Waals surface area contributed by atoms with Crippen LogP contribution in [-0.2, 0) is 0 Å². The van der Waals surface area contributed by atoms with Gasteiger partial charge in [0.05, 0.1) is 12.1 Å². The molecule has 0 unspecified atom stereocenters. The summed E-state index contributed by atoms with van der Waals surface area (Å²) in [4.78, 5) is 0. The molecule has 0 heterocycles. The SMILES string of the molecule is C[C@@H](O)[C@H](N)c1cc(F)cc(F)c1. The second kappa shape index (κ2) is 3.81. The molecular weight excluding hydrogens is 176 g/mol. The first-order valence-electron chi connectivity index (χ1n) is 3.90. The molecule has 0 amide bonds. The predicted octanol–water partition coefficient (Wildman–Crippen LogP) is 1.35. The maximum atomic E-state index is 12.7. The van der Waals surface area contributed by atoms with E-state index in [1.54, 1.807) is 0 Å². The van der Waals surface area contributed by atoms with Gasteiger partial charge in [-0.3, -0.25) is 0 Å². The van der Waals surface area contributed by atoms with E-state index in [1.165, 1.54) is 6.92 Å². The Balaban J connectivity index is 3.01. The van der Waals surface area contributed by atoms with Crippen LogP contribution in [0.5, 0.6) is 0 Å². The van der Waals surface area contributed by atoms with E-state index in [0.29, 0.717) is 0 Å². The highest BCUT2D eigenvalue weighted by Gasteiger charge is 2.13. The summed E-state index contributed by atoms with van der Waals surface area (Å²) in [5, 5.41) is 9.09. The minimum absolute atomic E-state index is 0.257. The molecule has 1 rings (SSSR count). The topological polar surface area (TPSA) is 46.2 Å². The highest BCUT2D eigenvalue weighted by atomic mass is 19.1. The van der Waals surface area contributed by atoms with Crippen molar-refractivity contribution in [3.8, 4) is 0 Å². The Labute approximate surface area is 75.0 Å². The summed E-state index contributed by atoms with van der Waals surface area (Å²) in [6, 6.07) is 2.23. The second-order valence-corrected chi connectivity index (χ2v) is 2.97. The molecule has 4 heteroatoms. The van der Waals surface area contributed by atoms with Gasteiger partial charge in [0.2, 0.25) is 0 Å². The standard InChI is InChI=1S/C9H11F2NO/c1-5(13)9(12)6-2-7(10)4-8(11)3-6/h2-5,9,13H,12H2,1H3/t5-,9+/m1/s1. The molecule has 0 fully saturated rings. The van der Waals surface area contributed by atoms with Crippen molar-refractivity contribution in [2.45, 2.75) is 19.1 Å². The van der Waals surface area contributed by atoms with E-state index in [0.717, 1.165) is 18.2 Å². The summed E-state index contributed by atoms with van der Waals surface area (Å²) in [5.74, 6) is -1.38. The third-order valence-corrected chi connectivity index (χ3v) is 1.79. The van der Waals surface area contributed by atoms with Crippen LogP contribution < -0.4 is 5.73 Å². The average Bonchev–Trinajstić information content (AvgIpc) is 2.01. The van der Waals surface area contributed by atoms with E-state index in [1.807, 2.05) is 0 Å². The molecule has 0 aliphatic heterocycles. The Morgan fingerprint density at radius 2 is 1.69 bits per heavy atom. The normalized spacial score (nSPS) is 15.5. The lowest BCUT2D eigenvalue weighted by molar-refractivity contribution is 0.164. The van der Waals surface area contributed by atoms with Crippen molar-refractivity contribution in [3.05, 3.63) is 35.4 Å². The number of rotatable bonds is 2. The van der Waals surface area contributed by atoms with Gasteiger partial charge in [-0.1, -0.05) is 0 Å². The van der Waals surface area contributed by atoms with E-state index in [4.69, 9.17) is 10.8 Å². The van der Waals surface area contributed by atoms with E-state index in [9.17, 15) is 8.78 Å². The highest BCUT2D eigenvalue weighted by molar-refractivity contribution is 5.21. The molecule has 0 aliphatic carbocycles. The van der Waals surface area contributed by atoms with Gasteiger partial charge in [-0.25, -0.2) is 8.78 Å². The summed E-state index contributed by atoms with van der Waals surface area (Å²) in [7, 11) is 0. The fourth-order valence-corrected chi connectivity index (χ4v) is 1.05. The van der Waals surface area contributed by atoms with Crippen LogP contribution in [0, 0.1) is 11.6 Å². The molecule has 1 aromatic carbocycles. The summed E-state index contributed by atoms with van der Waals surface area (Å²) in [6.07, 6.45) is -0.832. The lowest BCUT2D eigenvalue weighted by atomic mass is 10.0. The van der Waals surface area contributed by atoms with Crippen molar-refractivity contribution < 1.29 is 13.9 Å². The molecule has 0 saturated heterocycles. The number of benzene rings is 1. The van der Waals surface area contributed by atoms with Crippen LogP contribution >= 0.6 is 0 Å². The molecule has 72 valence electrons. The number of hydrogen-bond donors (Lipinski definition) is 2. The Hall–Kier alpha value is -1.00. The van der Waals surface area contributed by atoms with E-state index >= 15 is 0 Å². The van der Waals surface area contributed by atoms with Crippen molar-refractivity contribution in [3.63, 3.8) is 0 Å². The molecule has 0 spiro atoms. The van der Waals surface area contributed by atoms with Crippen LogP contribution in [0.15, 0.2) is 18.2 Å². The van der Waals surface area contributed by atoms with Gasteiger partial charge in [-0.05, 0) is 24.6 Å². The Morgan fingerprint density at radius 1 is 1.23 bits per heavy atom. The number of nitrogens with two attached hydrogens (primary N) is 1. The number of hydrogen-bond acceptors (Lipinski definition) is 2. The maximum absolute atomic E-state index is 12.7. The molecule has 1 aromatic rings. The zero-order valence-corrected chi connectivity index (χ0v) is 7.17. The Bertz CT molecular complexity index is 281. The molecule has 3 N–H and O–H groups in total. The molecule has 13 heavy (non-hydrogen) atoms. The molecule has 0 aromatic heterocycles. The Kier molecular flexibility index (Phi) is 2.95. The first kappa shape index (κ1) is 10.1. The van der Waals surface area contributed by atoms with Crippen LogP contribution in [0.4, 0.5) is 8.78 Å². The number of aliphatic hydroxyl groups excluding tert-OH is 1. The summed E-state index contributed by atoms with van der Waals surface area (Å²) in [5.41, 5.74) is 5.75. The number of aliphatic hydroxyl groups is 1. The molecule has 0 radical (unpaired) electrons. The molecule has 0 bridgehead atoms. The van der Waals surface area contributed by atoms with Crippen molar-refractivity contribution in [2.24, 2.45) is 5.73 Å². The lowest BCUT2D eigenvalue weighted by Gasteiger charge is -2.14. The largest absolute Gasteiger partial charge is 0.391 e.